The summed E-state index contributed by atoms with van der Waals surface area (Å²) in [5.41, 5.74) is 16.2. The highest BCUT2D eigenvalue weighted by Gasteiger charge is 2.36. The molecule has 0 amide bonds. The lowest BCUT2D eigenvalue weighted by Gasteiger charge is -2.23. The van der Waals surface area contributed by atoms with Crippen molar-refractivity contribution in [2.45, 2.75) is 47.0 Å². The van der Waals surface area contributed by atoms with Gasteiger partial charge in [0.2, 0.25) is 0 Å². The number of aryl methyl sites for hydroxylation is 4. The minimum atomic E-state index is -0.0200. The highest BCUT2D eigenvalue weighted by Crippen LogP contribution is 2.50. The second-order valence-electron chi connectivity index (χ2n) is 9.79. The molecule has 0 atom stereocenters. The van der Waals surface area contributed by atoms with E-state index in [0.717, 1.165) is 0 Å². The Morgan fingerprint density at radius 3 is 1.55 bits per heavy atom. The van der Waals surface area contributed by atoms with Crippen LogP contribution in [0.5, 0.6) is 0 Å². The summed E-state index contributed by atoms with van der Waals surface area (Å²) in [7, 11) is 0. The molecule has 0 heterocycles. The first-order chi connectivity index (χ1) is 14.8. The summed E-state index contributed by atoms with van der Waals surface area (Å²) in [5.74, 6) is 0. The standard InChI is InChI=1S/C31H30/c1-19-7-9-23(10-8-19)24-11-13-26-27-14-12-25(18-29(27)31(5,6)28(26)17-24)30-21(3)15-20(2)16-22(30)4/h7-18H,1-6H3. The van der Waals surface area contributed by atoms with Gasteiger partial charge in [0.25, 0.3) is 0 Å². The largest absolute Gasteiger partial charge is 0.0587 e. The van der Waals surface area contributed by atoms with Crippen molar-refractivity contribution in [1.29, 1.82) is 0 Å². The maximum atomic E-state index is 2.44. The predicted molar refractivity (Wildman–Crippen MR) is 134 cm³/mol. The molecule has 0 bridgehead atoms. The number of rotatable bonds is 2. The Kier molecular flexibility index (Phi) is 4.45. The van der Waals surface area contributed by atoms with E-state index in [-0.39, 0.29) is 5.41 Å². The summed E-state index contributed by atoms with van der Waals surface area (Å²) in [6.07, 6.45) is 0. The maximum absolute atomic E-state index is 2.44. The zero-order valence-corrected chi connectivity index (χ0v) is 19.4. The van der Waals surface area contributed by atoms with E-state index < -0.39 is 0 Å². The van der Waals surface area contributed by atoms with Crippen LogP contribution in [0.25, 0.3) is 33.4 Å². The topological polar surface area (TPSA) is 0 Å². The van der Waals surface area contributed by atoms with E-state index in [4.69, 9.17) is 0 Å². The Hall–Kier alpha value is -3.12. The van der Waals surface area contributed by atoms with Crippen LogP contribution >= 0.6 is 0 Å². The first-order valence-corrected chi connectivity index (χ1v) is 11.2. The summed E-state index contributed by atoms with van der Waals surface area (Å²) in [6, 6.07) is 27.5. The Morgan fingerprint density at radius 1 is 0.484 bits per heavy atom. The van der Waals surface area contributed by atoms with Gasteiger partial charge in [-0.15, -0.1) is 0 Å². The van der Waals surface area contributed by atoms with Crippen molar-refractivity contribution in [2.75, 3.05) is 0 Å². The van der Waals surface area contributed by atoms with Crippen LogP contribution in [0.2, 0.25) is 0 Å². The Morgan fingerprint density at radius 2 is 0.968 bits per heavy atom. The van der Waals surface area contributed by atoms with E-state index in [1.54, 1.807) is 0 Å². The third kappa shape index (κ3) is 3.13. The highest BCUT2D eigenvalue weighted by atomic mass is 14.4. The van der Waals surface area contributed by atoms with Gasteiger partial charge < -0.3 is 0 Å². The first kappa shape index (κ1) is 19.8. The van der Waals surface area contributed by atoms with E-state index in [9.17, 15) is 0 Å². The van der Waals surface area contributed by atoms with Crippen LogP contribution in [0, 0.1) is 27.7 Å². The zero-order valence-electron chi connectivity index (χ0n) is 19.4. The lowest BCUT2D eigenvalue weighted by atomic mass is 9.80. The summed E-state index contributed by atoms with van der Waals surface area (Å²) in [6.45, 7) is 13.5. The summed E-state index contributed by atoms with van der Waals surface area (Å²) >= 11 is 0. The van der Waals surface area contributed by atoms with Gasteiger partial charge in [-0.2, -0.15) is 0 Å². The molecule has 4 aromatic carbocycles. The molecule has 1 aliphatic rings. The molecule has 0 N–H and O–H groups in total. The molecular formula is C31H30. The second kappa shape index (κ2) is 6.95. The molecule has 0 radical (unpaired) electrons. The van der Waals surface area contributed by atoms with Gasteiger partial charge in [-0.3, -0.25) is 0 Å². The fourth-order valence-electron chi connectivity index (χ4n) is 5.45. The lowest BCUT2D eigenvalue weighted by molar-refractivity contribution is 0.661. The Bertz CT molecular complexity index is 1290. The molecule has 0 unspecified atom stereocenters. The van der Waals surface area contributed by atoms with Gasteiger partial charge in [-0.1, -0.05) is 85.6 Å². The molecule has 5 rings (SSSR count). The summed E-state index contributed by atoms with van der Waals surface area (Å²) in [4.78, 5) is 0. The van der Waals surface area contributed by atoms with Gasteiger partial charge >= 0.3 is 0 Å². The molecule has 0 saturated carbocycles. The Balaban J connectivity index is 1.64. The molecule has 1 aliphatic carbocycles. The third-order valence-corrected chi connectivity index (χ3v) is 7.03. The van der Waals surface area contributed by atoms with Crippen molar-refractivity contribution in [3.05, 3.63) is 106 Å². The minimum Gasteiger partial charge on any atom is -0.0587 e. The number of benzene rings is 4. The van der Waals surface area contributed by atoms with Crippen molar-refractivity contribution in [2.24, 2.45) is 0 Å². The van der Waals surface area contributed by atoms with Crippen LogP contribution in [0.1, 0.15) is 47.2 Å². The van der Waals surface area contributed by atoms with Crippen LogP contribution in [0.15, 0.2) is 72.8 Å². The molecule has 4 aromatic rings. The van der Waals surface area contributed by atoms with Crippen molar-refractivity contribution in [1.82, 2.24) is 0 Å². The van der Waals surface area contributed by atoms with E-state index >= 15 is 0 Å². The van der Waals surface area contributed by atoms with Crippen molar-refractivity contribution < 1.29 is 0 Å². The maximum Gasteiger partial charge on any atom is 0.0159 e. The SMILES string of the molecule is Cc1ccc(-c2ccc3c(c2)C(C)(C)c2cc(-c4c(C)cc(C)cc4C)ccc2-3)cc1. The molecule has 0 aromatic heterocycles. The lowest BCUT2D eigenvalue weighted by Crippen LogP contribution is -2.15. The normalized spacial score (nSPS) is 13.7. The van der Waals surface area contributed by atoms with Crippen molar-refractivity contribution in [3.63, 3.8) is 0 Å². The van der Waals surface area contributed by atoms with E-state index in [0.29, 0.717) is 0 Å². The fourth-order valence-corrected chi connectivity index (χ4v) is 5.45. The predicted octanol–water partition coefficient (Wildman–Crippen LogP) is 8.56. The summed E-state index contributed by atoms with van der Waals surface area (Å²) in [5, 5.41) is 0. The monoisotopic (exact) mass is 402 g/mol. The molecule has 0 spiro atoms. The third-order valence-electron chi connectivity index (χ3n) is 7.03. The van der Waals surface area contributed by atoms with Gasteiger partial charge in [0.1, 0.15) is 0 Å². The molecule has 0 saturated heterocycles. The molecule has 0 fully saturated rings. The van der Waals surface area contributed by atoms with Crippen LogP contribution < -0.4 is 0 Å². The van der Waals surface area contributed by atoms with E-state index in [2.05, 4.69) is 114 Å². The highest BCUT2D eigenvalue weighted by molar-refractivity contribution is 5.86. The number of hydrogen-bond acceptors (Lipinski definition) is 0. The smallest absolute Gasteiger partial charge is 0.0159 e. The Labute approximate surface area is 186 Å². The first-order valence-electron chi connectivity index (χ1n) is 11.2. The van der Waals surface area contributed by atoms with Crippen LogP contribution in [-0.2, 0) is 5.41 Å². The van der Waals surface area contributed by atoms with Gasteiger partial charge in [-0.05, 0) is 95.5 Å². The average Bonchev–Trinajstić information content (AvgIpc) is 2.94. The minimum absolute atomic E-state index is 0.0200. The van der Waals surface area contributed by atoms with E-state index in [1.807, 2.05) is 0 Å². The molecule has 0 nitrogen and oxygen atoms in total. The van der Waals surface area contributed by atoms with Crippen LogP contribution in [0.3, 0.4) is 0 Å². The summed E-state index contributed by atoms with van der Waals surface area (Å²) < 4.78 is 0. The van der Waals surface area contributed by atoms with Gasteiger partial charge in [0.05, 0.1) is 0 Å². The molecule has 154 valence electrons. The number of fused-ring (bicyclic) bond motifs is 3. The quantitative estimate of drug-likeness (QED) is 0.315. The molecule has 0 heteroatoms. The van der Waals surface area contributed by atoms with Gasteiger partial charge in [0, 0.05) is 5.41 Å². The molecule has 31 heavy (non-hydrogen) atoms. The van der Waals surface area contributed by atoms with Crippen LogP contribution in [0.4, 0.5) is 0 Å². The van der Waals surface area contributed by atoms with E-state index in [1.165, 1.54) is 66.8 Å². The average molecular weight is 403 g/mol. The second-order valence-corrected chi connectivity index (χ2v) is 9.79. The molecule has 0 aliphatic heterocycles. The zero-order chi connectivity index (χ0) is 21.9. The number of hydrogen-bond donors (Lipinski definition) is 0. The van der Waals surface area contributed by atoms with Crippen molar-refractivity contribution >= 4 is 0 Å². The van der Waals surface area contributed by atoms with Gasteiger partial charge in [0.15, 0.2) is 0 Å². The van der Waals surface area contributed by atoms with Crippen LogP contribution in [-0.4, -0.2) is 0 Å². The molecular weight excluding hydrogens is 372 g/mol. The van der Waals surface area contributed by atoms with Crippen molar-refractivity contribution in [3.8, 4) is 33.4 Å². The fraction of sp³-hybridized carbons (Fsp3) is 0.226. The van der Waals surface area contributed by atoms with Gasteiger partial charge in [-0.25, -0.2) is 0 Å².